The van der Waals surface area contributed by atoms with Crippen LogP contribution in [0.4, 0.5) is 5.69 Å². The van der Waals surface area contributed by atoms with Gasteiger partial charge in [0.05, 0.1) is 0 Å². The van der Waals surface area contributed by atoms with Gasteiger partial charge < -0.3 is 10.2 Å². The third-order valence-electron chi connectivity index (χ3n) is 2.83. The van der Waals surface area contributed by atoms with E-state index in [1.807, 2.05) is 0 Å². The Morgan fingerprint density at radius 3 is 2.12 bits per heavy atom. The van der Waals surface area contributed by atoms with E-state index in [2.05, 4.69) is 69.3 Å². The first-order chi connectivity index (χ1) is 7.88. The van der Waals surface area contributed by atoms with Crippen LogP contribution in [-0.4, -0.2) is 20.6 Å². The maximum atomic E-state index is 3.49. The van der Waals surface area contributed by atoms with Gasteiger partial charge in [-0.05, 0) is 36.1 Å². The summed E-state index contributed by atoms with van der Waals surface area (Å²) in [5.41, 5.74) is 3.02. The van der Waals surface area contributed by atoms with E-state index in [4.69, 9.17) is 0 Å². The van der Waals surface area contributed by atoms with Gasteiger partial charge in [0.2, 0.25) is 0 Å². The van der Waals surface area contributed by atoms with Crippen molar-refractivity contribution in [2.24, 2.45) is 5.41 Å². The third-order valence-corrected chi connectivity index (χ3v) is 2.83. The molecular formula is C15H26N2. The SMILES string of the molecule is CN(C)c1ccc(CNCCC(C)(C)C)cc1. The van der Waals surface area contributed by atoms with Gasteiger partial charge in [-0.1, -0.05) is 32.9 Å². The normalized spacial score (nSPS) is 11.6. The third kappa shape index (κ3) is 5.73. The van der Waals surface area contributed by atoms with Crippen molar-refractivity contribution in [3.05, 3.63) is 29.8 Å². The van der Waals surface area contributed by atoms with E-state index in [1.54, 1.807) is 0 Å². The quantitative estimate of drug-likeness (QED) is 0.787. The highest BCUT2D eigenvalue weighted by Gasteiger charge is 2.08. The molecule has 0 spiro atoms. The molecule has 0 atom stereocenters. The second-order valence-electron chi connectivity index (χ2n) is 6.05. The fourth-order valence-corrected chi connectivity index (χ4v) is 1.61. The number of nitrogens with one attached hydrogen (secondary N) is 1. The smallest absolute Gasteiger partial charge is 0.0361 e. The van der Waals surface area contributed by atoms with Gasteiger partial charge in [-0.2, -0.15) is 0 Å². The van der Waals surface area contributed by atoms with Crippen LogP contribution in [0.1, 0.15) is 32.8 Å². The Hall–Kier alpha value is -1.02. The van der Waals surface area contributed by atoms with Crippen LogP contribution in [0, 0.1) is 5.41 Å². The van der Waals surface area contributed by atoms with Crippen LogP contribution in [0.15, 0.2) is 24.3 Å². The number of benzene rings is 1. The summed E-state index contributed by atoms with van der Waals surface area (Å²) in [6.07, 6.45) is 1.21. The van der Waals surface area contributed by atoms with Gasteiger partial charge in [0.1, 0.15) is 0 Å². The van der Waals surface area contributed by atoms with Gasteiger partial charge in [0, 0.05) is 26.3 Å². The number of anilines is 1. The number of hydrogen-bond acceptors (Lipinski definition) is 2. The zero-order valence-corrected chi connectivity index (χ0v) is 11.9. The van der Waals surface area contributed by atoms with Crippen LogP contribution in [0.3, 0.4) is 0 Å². The van der Waals surface area contributed by atoms with Crippen molar-refractivity contribution >= 4 is 5.69 Å². The van der Waals surface area contributed by atoms with Gasteiger partial charge in [-0.25, -0.2) is 0 Å². The van der Waals surface area contributed by atoms with Crippen molar-refractivity contribution in [3.8, 4) is 0 Å². The van der Waals surface area contributed by atoms with E-state index >= 15 is 0 Å². The van der Waals surface area contributed by atoms with Gasteiger partial charge >= 0.3 is 0 Å². The summed E-state index contributed by atoms with van der Waals surface area (Å²) in [7, 11) is 4.13. The standard InChI is InChI=1S/C15H26N2/c1-15(2,3)10-11-16-12-13-6-8-14(9-7-13)17(4)5/h6-9,16H,10-12H2,1-5H3. The molecule has 0 bridgehead atoms. The number of nitrogens with zero attached hydrogens (tertiary/aromatic N) is 1. The zero-order valence-electron chi connectivity index (χ0n) is 11.9. The van der Waals surface area contributed by atoms with Gasteiger partial charge in [0.15, 0.2) is 0 Å². The summed E-state index contributed by atoms with van der Waals surface area (Å²) in [6, 6.07) is 8.72. The molecule has 0 unspecified atom stereocenters. The summed E-state index contributed by atoms with van der Waals surface area (Å²) < 4.78 is 0. The molecule has 0 radical (unpaired) electrons. The fraction of sp³-hybridized carbons (Fsp3) is 0.600. The highest BCUT2D eigenvalue weighted by atomic mass is 15.1. The molecule has 0 aliphatic carbocycles. The summed E-state index contributed by atoms with van der Waals surface area (Å²) >= 11 is 0. The van der Waals surface area contributed by atoms with Crippen LogP contribution in [0.5, 0.6) is 0 Å². The maximum Gasteiger partial charge on any atom is 0.0361 e. The Balaban J connectivity index is 2.33. The molecule has 1 rings (SSSR count). The lowest BCUT2D eigenvalue weighted by atomic mass is 9.92. The summed E-state index contributed by atoms with van der Waals surface area (Å²) in [5.74, 6) is 0. The van der Waals surface area contributed by atoms with E-state index in [-0.39, 0.29) is 0 Å². The molecule has 1 N–H and O–H groups in total. The van der Waals surface area contributed by atoms with Crippen LogP contribution in [-0.2, 0) is 6.54 Å². The van der Waals surface area contributed by atoms with Crippen LogP contribution in [0.25, 0.3) is 0 Å². The minimum Gasteiger partial charge on any atom is -0.378 e. The molecule has 1 aromatic carbocycles. The molecule has 0 aliphatic heterocycles. The summed E-state index contributed by atoms with van der Waals surface area (Å²) in [6.45, 7) is 8.88. The Morgan fingerprint density at radius 2 is 1.65 bits per heavy atom. The van der Waals surface area contributed by atoms with E-state index in [9.17, 15) is 0 Å². The van der Waals surface area contributed by atoms with Crippen LogP contribution in [0.2, 0.25) is 0 Å². The summed E-state index contributed by atoms with van der Waals surface area (Å²) in [5, 5.41) is 3.49. The van der Waals surface area contributed by atoms with E-state index in [0.717, 1.165) is 13.1 Å². The first kappa shape index (κ1) is 14.0. The maximum absolute atomic E-state index is 3.49. The Morgan fingerprint density at radius 1 is 1.06 bits per heavy atom. The van der Waals surface area contributed by atoms with Crippen LogP contribution < -0.4 is 10.2 Å². The first-order valence-corrected chi connectivity index (χ1v) is 6.35. The molecule has 96 valence electrons. The van der Waals surface area contributed by atoms with Gasteiger partial charge in [-0.15, -0.1) is 0 Å². The van der Waals surface area contributed by atoms with Gasteiger partial charge in [-0.3, -0.25) is 0 Å². The van der Waals surface area contributed by atoms with Crippen LogP contribution >= 0.6 is 0 Å². The highest BCUT2D eigenvalue weighted by molar-refractivity contribution is 5.45. The Kier molecular flexibility index (Phi) is 5.01. The molecule has 0 heterocycles. The van der Waals surface area contributed by atoms with E-state index in [1.165, 1.54) is 17.7 Å². The lowest BCUT2D eigenvalue weighted by Gasteiger charge is -2.18. The van der Waals surface area contributed by atoms with E-state index < -0.39 is 0 Å². The molecule has 0 amide bonds. The zero-order chi connectivity index (χ0) is 12.9. The molecule has 0 fully saturated rings. The highest BCUT2D eigenvalue weighted by Crippen LogP contribution is 2.17. The molecule has 0 saturated carbocycles. The second-order valence-corrected chi connectivity index (χ2v) is 6.05. The lowest BCUT2D eigenvalue weighted by molar-refractivity contribution is 0.366. The average Bonchev–Trinajstić information content (AvgIpc) is 2.24. The molecular weight excluding hydrogens is 208 g/mol. The van der Waals surface area contributed by atoms with Crippen molar-refractivity contribution < 1.29 is 0 Å². The molecule has 1 aromatic rings. The summed E-state index contributed by atoms with van der Waals surface area (Å²) in [4.78, 5) is 2.12. The predicted octanol–water partition coefficient (Wildman–Crippen LogP) is 3.28. The molecule has 0 aromatic heterocycles. The second kappa shape index (κ2) is 6.06. The van der Waals surface area contributed by atoms with Gasteiger partial charge in [0.25, 0.3) is 0 Å². The minimum atomic E-state index is 0.418. The molecule has 0 saturated heterocycles. The van der Waals surface area contributed by atoms with Crippen molar-refractivity contribution in [3.63, 3.8) is 0 Å². The molecule has 2 heteroatoms. The van der Waals surface area contributed by atoms with Crippen molar-refractivity contribution in [1.82, 2.24) is 5.32 Å². The van der Waals surface area contributed by atoms with Crippen molar-refractivity contribution in [1.29, 1.82) is 0 Å². The lowest BCUT2D eigenvalue weighted by Crippen LogP contribution is -2.20. The first-order valence-electron chi connectivity index (χ1n) is 6.35. The fourth-order valence-electron chi connectivity index (χ4n) is 1.61. The minimum absolute atomic E-state index is 0.418. The molecule has 2 nitrogen and oxygen atoms in total. The Bertz CT molecular complexity index is 320. The topological polar surface area (TPSA) is 15.3 Å². The van der Waals surface area contributed by atoms with E-state index in [0.29, 0.717) is 5.41 Å². The largest absolute Gasteiger partial charge is 0.378 e. The number of rotatable bonds is 5. The Labute approximate surface area is 106 Å². The average molecular weight is 234 g/mol. The van der Waals surface area contributed by atoms with Crippen molar-refractivity contribution in [2.45, 2.75) is 33.7 Å². The molecule has 0 aliphatic rings. The van der Waals surface area contributed by atoms with Crippen molar-refractivity contribution in [2.75, 3.05) is 25.5 Å². The number of hydrogen-bond donors (Lipinski definition) is 1. The molecule has 17 heavy (non-hydrogen) atoms. The monoisotopic (exact) mass is 234 g/mol. The predicted molar refractivity (Wildman–Crippen MR) is 76.5 cm³/mol.